The van der Waals surface area contributed by atoms with Gasteiger partial charge in [-0.3, -0.25) is 0 Å². The van der Waals surface area contributed by atoms with Crippen molar-refractivity contribution in [3.8, 4) is 0 Å². The van der Waals surface area contributed by atoms with Crippen LogP contribution in [0.3, 0.4) is 0 Å². The summed E-state index contributed by atoms with van der Waals surface area (Å²) in [5, 5.41) is 0. The van der Waals surface area contributed by atoms with Gasteiger partial charge in [0.05, 0.1) is 5.69 Å². The predicted molar refractivity (Wildman–Crippen MR) is 143 cm³/mol. The van der Waals surface area contributed by atoms with Crippen molar-refractivity contribution in [2.24, 2.45) is 0 Å². The fourth-order valence-electron chi connectivity index (χ4n) is 5.88. The molecule has 0 radical (unpaired) electrons. The van der Waals surface area contributed by atoms with E-state index in [1.165, 1.54) is 50.1 Å². The van der Waals surface area contributed by atoms with E-state index in [0.717, 1.165) is 0 Å². The van der Waals surface area contributed by atoms with E-state index in [1.807, 2.05) is 0 Å². The molecule has 0 atom stereocenters. The molecule has 0 saturated carbocycles. The molecule has 2 aliphatic rings. The Kier molecular flexibility index (Phi) is 4.24. The van der Waals surface area contributed by atoms with Gasteiger partial charge < -0.3 is 4.90 Å². The van der Waals surface area contributed by atoms with E-state index in [4.69, 9.17) is 0 Å². The molecule has 0 fully saturated rings. The van der Waals surface area contributed by atoms with Gasteiger partial charge in [-0.05, 0) is 45.2 Å². The Morgan fingerprint density at radius 2 is 1.36 bits per heavy atom. The fraction of sp³-hybridized carbons (Fsp3) is 0.226. The van der Waals surface area contributed by atoms with Crippen molar-refractivity contribution in [2.45, 2.75) is 45.4 Å². The summed E-state index contributed by atoms with van der Waals surface area (Å²) in [6.07, 6.45) is 0. The third-order valence-electron chi connectivity index (χ3n) is 7.67. The molecule has 0 aromatic heterocycles. The molecule has 0 unspecified atom stereocenters. The summed E-state index contributed by atoms with van der Waals surface area (Å²) in [4.78, 5) is 2.55. The van der Waals surface area contributed by atoms with Crippen molar-refractivity contribution in [2.75, 3.05) is 4.90 Å². The summed E-state index contributed by atoms with van der Waals surface area (Å²) >= 11 is 0. The quantitative estimate of drug-likeness (QED) is 0.300. The maximum atomic E-state index is 2.55. The van der Waals surface area contributed by atoms with E-state index in [2.05, 4.69) is 131 Å². The van der Waals surface area contributed by atoms with Gasteiger partial charge in [-0.2, -0.15) is 0 Å². The van der Waals surface area contributed by atoms with E-state index >= 15 is 0 Å². The number of benzene rings is 4. The van der Waals surface area contributed by atoms with Gasteiger partial charge >= 0.3 is 0 Å². The monoisotopic (exact) mass is 427 g/mol. The Hall–Kier alpha value is -3.26. The van der Waals surface area contributed by atoms with Gasteiger partial charge in [0, 0.05) is 16.8 Å². The molecule has 0 bridgehead atoms. The average molecular weight is 427 g/mol. The van der Waals surface area contributed by atoms with E-state index < -0.39 is 0 Å². The van der Waals surface area contributed by atoms with Crippen LogP contribution in [-0.2, 0) is 10.8 Å². The van der Waals surface area contributed by atoms with Crippen LogP contribution in [-0.4, -0.2) is 6.71 Å². The van der Waals surface area contributed by atoms with Crippen LogP contribution in [0.25, 0.3) is 0 Å². The summed E-state index contributed by atoms with van der Waals surface area (Å²) in [6.45, 7) is 11.9. The van der Waals surface area contributed by atoms with Crippen molar-refractivity contribution in [1.82, 2.24) is 0 Å². The zero-order valence-corrected chi connectivity index (χ0v) is 20.2. The van der Waals surface area contributed by atoms with Crippen LogP contribution >= 0.6 is 0 Å². The van der Waals surface area contributed by atoms with Crippen LogP contribution in [0, 0.1) is 0 Å². The molecule has 4 aromatic rings. The molecule has 33 heavy (non-hydrogen) atoms. The van der Waals surface area contributed by atoms with Crippen molar-refractivity contribution in [1.29, 1.82) is 0 Å². The maximum Gasteiger partial charge on any atom is 0.246 e. The van der Waals surface area contributed by atoms with Crippen molar-refractivity contribution >= 4 is 40.2 Å². The highest BCUT2D eigenvalue weighted by molar-refractivity contribution is 6.98. The van der Waals surface area contributed by atoms with Crippen LogP contribution in [0.2, 0.25) is 0 Å². The topological polar surface area (TPSA) is 3.24 Å². The first-order valence-electron chi connectivity index (χ1n) is 12.0. The van der Waals surface area contributed by atoms with Crippen LogP contribution in [0.4, 0.5) is 17.1 Å². The molecule has 0 aliphatic carbocycles. The van der Waals surface area contributed by atoms with E-state index in [9.17, 15) is 0 Å². The highest BCUT2D eigenvalue weighted by Gasteiger charge is 2.44. The number of hydrogen-bond donors (Lipinski definition) is 0. The minimum atomic E-state index is -0.0567. The smallest absolute Gasteiger partial charge is 0.246 e. The van der Waals surface area contributed by atoms with Crippen LogP contribution in [0.1, 0.15) is 51.3 Å². The van der Waals surface area contributed by atoms with Gasteiger partial charge in [-0.1, -0.05) is 119 Å². The lowest BCUT2D eigenvalue weighted by atomic mass is 9.34. The first-order chi connectivity index (χ1) is 15.8. The van der Waals surface area contributed by atoms with E-state index in [1.54, 1.807) is 0 Å². The predicted octanol–water partition coefficient (Wildman–Crippen LogP) is 5.92. The lowest BCUT2D eigenvalue weighted by Gasteiger charge is -2.47. The lowest BCUT2D eigenvalue weighted by molar-refractivity contribution is 0.590. The standard InChI is InChI=1S/C31H30BN/c1-30(2,3)21-18-19-25-28(20-21)33-27-17-10-9-14-23(27)31(4,5)24-15-11-16-26(29(24)33)32(25)22-12-7-6-8-13-22/h6-20H,1-5H3. The van der Waals surface area contributed by atoms with Crippen molar-refractivity contribution < 1.29 is 0 Å². The van der Waals surface area contributed by atoms with Gasteiger partial charge in [-0.25, -0.2) is 0 Å². The van der Waals surface area contributed by atoms with Gasteiger partial charge in [0.25, 0.3) is 0 Å². The lowest BCUT2D eigenvalue weighted by Crippen LogP contribution is -2.58. The highest BCUT2D eigenvalue weighted by Crippen LogP contribution is 2.52. The third-order valence-corrected chi connectivity index (χ3v) is 7.67. The Balaban J connectivity index is 1.74. The molecule has 4 aromatic carbocycles. The largest absolute Gasteiger partial charge is 0.311 e. The zero-order chi connectivity index (χ0) is 23.0. The number of rotatable bonds is 1. The molecule has 0 spiro atoms. The number of nitrogens with zero attached hydrogens (tertiary/aromatic N) is 1. The minimum absolute atomic E-state index is 0.0567. The summed E-state index contributed by atoms with van der Waals surface area (Å²) in [5.74, 6) is 0. The van der Waals surface area contributed by atoms with Gasteiger partial charge in [0.1, 0.15) is 0 Å². The van der Waals surface area contributed by atoms with Crippen molar-refractivity contribution in [3.05, 3.63) is 108 Å². The number of hydrogen-bond acceptors (Lipinski definition) is 1. The molecule has 1 nitrogen and oxygen atoms in total. The molecular formula is C31H30BN. The van der Waals surface area contributed by atoms with Gasteiger partial charge in [-0.15, -0.1) is 0 Å². The van der Waals surface area contributed by atoms with E-state index in [-0.39, 0.29) is 17.5 Å². The van der Waals surface area contributed by atoms with Crippen LogP contribution < -0.4 is 21.3 Å². The van der Waals surface area contributed by atoms with Crippen molar-refractivity contribution in [3.63, 3.8) is 0 Å². The number of anilines is 3. The first-order valence-corrected chi connectivity index (χ1v) is 12.0. The molecule has 2 heterocycles. The summed E-state index contributed by atoms with van der Waals surface area (Å²) in [6, 6.07) is 34.1. The second-order valence-electron chi connectivity index (χ2n) is 11.1. The Morgan fingerprint density at radius 1 is 0.667 bits per heavy atom. The SMILES string of the molecule is CC(C)(C)c1ccc2c(c1)N1c3ccccc3C(C)(C)c3cccc(c31)B2c1ccccc1. The normalized spacial score (nSPS) is 15.5. The molecule has 2 aliphatic heterocycles. The molecule has 162 valence electrons. The van der Waals surface area contributed by atoms with E-state index in [0.29, 0.717) is 0 Å². The number of para-hydroxylation sites is 2. The zero-order valence-electron chi connectivity index (χ0n) is 20.2. The highest BCUT2D eigenvalue weighted by atomic mass is 15.2. The summed E-state index contributed by atoms with van der Waals surface area (Å²) in [5.41, 5.74) is 12.3. The molecular weight excluding hydrogens is 397 g/mol. The molecule has 0 N–H and O–H groups in total. The van der Waals surface area contributed by atoms with Crippen LogP contribution in [0.5, 0.6) is 0 Å². The second-order valence-corrected chi connectivity index (χ2v) is 11.1. The molecule has 2 heteroatoms. The first kappa shape index (κ1) is 20.4. The molecule has 6 rings (SSSR count). The van der Waals surface area contributed by atoms with Crippen LogP contribution in [0.15, 0.2) is 91.0 Å². The number of fused-ring (bicyclic) bond motifs is 4. The minimum Gasteiger partial charge on any atom is -0.311 e. The fourth-order valence-corrected chi connectivity index (χ4v) is 5.88. The molecule has 0 saturated heterocycles. The Bertz CT molecular complexity index is 1380. The Labute approximate surface area is 198 Å². The maximum absolute atomic E-state index is 2.55. The summed E-state index contributed by atoms with van der Waals surface area (Å²) < 4.78 is 0. The Morgan fingerprint density at radius 3 is 2.12 bits per heavy atom. The van der Waals surface area contributed by atoms with Gasteiger partial charge in [0.15, 0.2) is 0 Å². The second kappa shape index (κ2) is 6.87. The summed E-state index contributed by atoms with van der Waals surface area (Å²) in [7, 11) is 0. The van der Waals surface area contributed by atoms with Gasteiger partial charge in [0.2, 0.25) is 6.71 Å². The average Bonchev–Trinajstić information content (AvgIpc) is 2.81. The molecule has 0 amide bonds. The third kappa shape index (κ3) is 2.86.